The van der Waals surface area contributed by atoms with Crippen LogP contribution in [-0.2, 0) is 19.1 Å². The largest absolute Gasteiger partial charge is 0.506 e. The van der Waals surface area contributed by atoms with Gasteiger partial charge in [-0.15, -0.1) is 0 Å². The maximum absolute atomic E-state index is 12.8. The van der Waals surface area contributed by atoms with Gasteiger partial charge < -0.3 is 30.3 Å². The predicted molar refractivity (Wildman–Crippen MR) is 142 cm³/mol. The van der Waals surface area contributed by atoms with Crippen LogP contribution >= 0.6 is 23.2 Å². The van der Waals surface area contributed by atoms with Gasteiger partial charge in [0.2, 0.25) is 6.20 Å². The molecule has 7 N–H and O–H groups in total. The highest BCUT2D eigenvalue weighted by atomic mass is 35.5. The van der Waals surface area contributed by atoms with Crippen LogP contribution in [0, 0.1) is 0 Å². The third-order valence-corrected chi connectivity index (χ3v) is 5.86. The van der Waals surface area contributed by atoms with Crippen molar-refractivity contribution < 1.29 is 48.3 Å². The van der Waals surface area contributed by atoms with Gasteiger partial charge in [-0.25, -0.2) is 9.59 Å². The van der Waals surface area contributed by atoms with E-state index in [0.29, 0.717) is 0 Å². The predicted octanol–water partition coefficient (Wildman–Crippen LogP) is 1.75. The number of quaternary nitrogens is 1. The summed E-state index contributed by atoms with van der Waals surface area (Å²) in [5.41, 5.74) is 0.0760. The van der Waals surface area contributed by atoms with Gasteiger partial charge in [0.05, 0.1) is 47.0 Å². The standard InChI is InChI=1S/C23H22Cl2N6O8/c1-38-22(36)29-14-7-18(32)16(5-12(14)24)27-20(34)9-31(4-3-26-11-31)10-21(35)28-17-6-13(25)15(8-19(17)33)30-23(37)39-2/h3-8,11H,9-10H2,1-2H3,(H5-,27,28,29,30,32,33,34,35,36,37)/p+2. The van der Waals surface area contributed by atoms with E-state index in [-0.39, 0.29) is 61.9 Å². The van der Waals surface area contributed by atoms with Crippen LogP contribution in [0.15, 0.2) is 36.7 Å². The molecule has 39 heavy (non-hydrogen) atoms. The van der Waals surface area contributed by atoms with Gasteiger partial charge in [0.25, 0.3) is 11.8 Å². The highest BCUT2D eigenvalue weighted by Crippen LogP contribution is 2.35. The second kappa shape index (κ2) is 12.3. The van der Waals surface area contributed by atoms with Crippen LogP contribution in [-0.4, -0.2) is 72.3 Å². The van der Waals surface area contributed by atoms with Crippen molar-refractivity contribution in [2.24, 2.45) is 0 Å². The zero-order valence-corrected chi connectivity index (χ0v) is 22.0. The molecular formula is C23H24Cl2N6O8+2. The first-order valence-corrected chi connectivity index (χ1v) is 11.7. The molecule has 0 unspecified atom stereocenters. The van der Waals surface area contributed by atoms with Crippen LogP contribution in [0.4, 0.5) is 32.3 Å². The Morgan fingerprint density at radius 3 is 1.56 bits per heavy atom. The number of phenolic OH excluding ortho intramolecular Hbond substituents is 2. The monoisotopic (exact) mass is 582 g/mol. The Morgan fingerprint density at radius 2 is 1.21 bits per heavy atom. The smallest absolute Gasteiger partial charge is 0.411 e. The molecule has 1 heterocycles. The van der Waals surface area contributed by atoms with Crippen molar-refractivity contribution in [3.05, 3.63) is 46.7 Å². The number of carbonyl (C=O) groups excluding carboxylic acids is 4. The number of hydrogen-bond acceptors (Lipinski definition) is 8. The zero-order chi connectivity index (χ0) is 28.7. The summed E-state index contributed by atoms with van der Waals surface area (Å²) in [6, 6.07) is 4.76. The number of nitrogens with zero attached hydrogens (tertiary/aromatic N) is 1. The van der Waals surface area contributed by atoms with Crippen LogP contribution in [0.5, 0.6) is 11.5 Å². The number of carbonyl (C=O) groups is 4. The third kappa shape index (κ3) is 7.50. The lowest BCUT2D eigenvalue weighted by molar-refractivity contribution is -0.770. The molecule has 2 aromatic rings. The normalized spacial score (nSPS) is 12.9. The maximum Gasteiger partial charge on any atom is 0.411 e. The van der Waals surface area contributed by atoms with Crippen LogP contribution in [0.3, 0.4) is 0 Å². The van der Waals surface area contributed by atoms with Crippen LogP contribution in [0.25, 0.3) is 0 Å². The van der Waals surface area contributed by atoms with Crippen molar-refractivity contribution in [2.75, 3.05) is 48.6 Å². The third-order valence-electron chi connectivity index (χ3n) is 5.24. The molecule has 14 nitrogen and oxygen atoms in total. The van der Waals surface area contributed by atoms with E-state index in [1.165, 1.54) is 24.7 Å². The van der Waals surface area contributed by atoms with Crippen molar-refractivity contribution in [3.63, 3.8) is 0 Å². The Labute approximate surface area is 231 Å². The highest BCUT2D eigenvalue weighted by Gasteiger charge is 2.36. The van der Waals surface area contributed by atoms with E-state index in [1.54, 1.807) is 6.20 Å². The van der Waals surface area contributed by atoms with Crippen molar-refractivity contribution in [1.29, 1.82) is 0 Å². The summed E-state index contributed by atoms with van der Waals surface area (Å²) in [4.78, 5) is 51.3. The molecule has 1 aliphatic rings. The Morgan fingerprint density at radius 1 is 0.769 bits per heavy atom. The molecule has 0 aromatic heterocycles. The number of anilines is 4. The molecule has 0 spiro atoms. The molecule has 0 fully saturated rings. The van der Waals surface area contributed by atoms with E-state index in [2.05, 4.69) is 35.7 Å². The van der Waals surface area contributed by atoms with Gasteiger partial charge in [0.15, 0.2) is 19.3 Å². The van der Waals surface area contributed by atoms with Gasteiger partial charge in [-0.05, 0) is 12.1 Å². The molecule has 4 amide bonds. The Hall–Kier alpha value is -4.53. The lowest BCUT2D eigenvalue weighted by Gasteiger charge is -2.23. The van der Waals surface area contributed by atoms with E-state index < -0.39 is 24.0 Å². The molecule has 0 atom stereocenters. The number of methoxy groups -OCH3 is 2. The fourth-order valence-corrected chi connectivity index (χ4v) is 3.85. The van der Waals surface area contributed by atoms with Gasteiger partial charge in [-0.2, -0.15) is 9.48 Å². The van der Waals surface area contributed by atoms with E-state index in [4.69, 9.17) is 23.2 Å². The average molecular weight is 583 g/mol. The fraction of sp³-hybridized carbons (Fsp3) is 0.174. The first kappa shape index (κ1) is 29.0. The van der Waals surface area contributed by atoms with E-state index in [1.807, 2.05) is 0 Å². The molecule has 16 heteroatoms. The van der Waals surface area contributed by atoms with Crippen LogP contribution in [0.2, 0.25) is 10.0 Å². The number of aromatic hydroxyl groups is 2. The van der Waals surface area contributed by atoms with Gasteiger partial charge >= 0.3 is 18.5 Å². The Kier molecular flexibility index (Phi) is 9.19. The molecule has 0 bridgehead atoms. The molecule has 0 radical (unpaired) electrons. The summed E-state index contributed by atoms with van der Waals surface area (Å²) in [7, 11) is 2.32. The molecule has 0 saturated heterocycles. The average Bonchev–Trinajstić information content (AvgIpc) is 3.32. The molecule has 206 valence electrons. The number of rotatable bonds is 8. The lowest BCUT2D eigenvalue weighted by Crippen LogP contribution is -2.64. The van der Waals surface area contributed by atoms with E-state index >= 15 is 0 Å². The topological polar surface area (TPSA) is 189 Å². The lowest BCUT2D eigenvalue weighted by atomic mass is 10.2. The van der Waals surface area contributed by atoms with E-state index in [9.17, 15) is 29.4 Å². The van der Waals surface area contributed by atoms with Gasteiger partial charge in [-0.3, -0.25) is 20.2 Å². The first-order chi connectivity index (χ1) is 18.4. The number of hydrogen-bond donors (Lipinski definition) is 7. The van der Waals surface area contributed by atoms with Gasteiger partial charge in [0.1, 0.15) is 11.5 Å². The number of nitrogens with one attached hydrogen (secondary N) is 5. The van der Waals surface area contributed by atoms with Crippen molar-refractivity contribution in [2.45, 2.75) is 0 Å². The van der Waals surface area contributed by atoms with Crippen molar-refractivity contribution >= 4 is 76.3 Å². The number of amides is 4. The summed E-state index contributed by atoms with van der Waals surface area (Å²) in [5, 5.41) is 30.3. The fourth-order valence-electron chi connectivity index (χ4n) is 3.43. The number of phenols is 2. The Bertz CT molecular complexity index is 1280. The highest BCUT2D eigenvalue weighted by molar-refractivity contribution is 6.34. The molecule has 0 saturated carbocycles. The second-order valence-corrected chi connectivity index (χ2v) is 8.87. The summed E-state index contributed by atoms with van der Waals surface area (Å²) in [5.74, 6) is -1.92. The SMILES string of the molecule is COC(=O)Nc1cc(O)c(NC(=O)C[N+]2(CC(=O)Nc3cc(Cl)c(NC(=O)OC)cc3O)C=C[NH+]=C2)cc1Cl. The summed E-state index contributed by atoms with van der Waals surface area (Å²) in [6.45, 7) is -0.546. The minimum absolute atomic E-state index is 0.0253. The molecular weight excluding hydrogens is 559 g/mol. The van der Waals surface area contributed by atoms with Crippen molar-refractivity contribution in [3.8, 4) is 11.5 Å². The number of benzene rings is 2. The zero-order valence-electron chi connectivity index (χ0n) is 20.5. The molecule has 1 aliphatic heterocycles. The minimum atomic E-state index is -0.800. The minimum Gasteiger partial charge on any atom is -0.506 e. The van der Waals surface area contributed by atoms with Crippen molar-refractivity contribution in [1.82, 2.24) is 0 Å². The summed E-state index contributed by atoms with van der Waals surface area (Å²) in [6.07, 6.45) is 2.98. The van der Waals surface area contributed by atoms with E-state index in [0.717, 1.165) is 26.4 Å². The quantitative estimate of drug-likeness (QED) is 0.181. The summed E-state index contributed by atoms with van der Waals surface area (Å²) >= 11 is 12.2. The van der Waals surface area contributed by atoms with Gasteiger partial charge in [-0.1, -0.05) is 23.2 Å². The van der Waals surface area contributed by atoms with Gasteiger partial charge in [0, 0.05) is 12.1 Å². The molecule has 0 aliphatic carbocycles. The molecule has 2 aromatic carbocycles. The van der Waals surface area contributed by atoms with Crippen LogP contribution in [0.1, 0.15) is 0 Å². The second-order valence-electron chi connectivity index (χ2n) is 8.06. The maximum atomic E-state index is 12.8. The molecule has 3 rings (SSSR count). The Balaban J connectivity index is 1.69. The number of halogens is 2. The first-order valence-electron chi connectivity index (χ1n) is 10.9. The van der Waals surface area contributed by atoms with Crippen LogP contribution < -0.4 is 26.3 Å². The number of ether oxygens (including phenoxy) is 2. The summed E-state index contributed by atoms with van der Waals surface area (Å²) < 4.78 is 8.69.